The molecule has 3 saturated carbocycles. The summed E-state index contributed by atoms with van der Waals surface area (Å²) >= 11 is 0. The van der Waals surface area contributed by atoms with Crippen molar-refractivity contribution in [3.05, 3.63) is 0 Å². The summed E-state index contributed by atoms with van der Waals surface area (Å²) in [5, 5.41) is 11.1. The van der Waals surface area contributed by atoms with Crippen LogP contribution in [0.15, 0.2) is 0 Å². The number of likely N-dealkylation sites (N-methyl/N-ethyl adjacent to an activating group) is 7. The van der Waals surface area contributed by atoms with Crippen LogP contribution in [-0.4, -0.2) is 235 Å². The molecule has 11 amide bonds. The van der Waals surface area contributed by atoms with Crippen LogP contribution in [0.5, 0.6) is 0 Å². The molecule has 22 nitrogen and oxygen atoms in total. The summed E-state index contributed by atoms with van der Waals surface area (Å²) in [4.78, 5) is 169. The monoisotopic (exact) mass is 1390 g/mol. The Morgan fingerprint density at radius 2 is 1.09 bits per heavy atom. The minimum atomic E-state index is -4.79. The van der Waals surface area contributed by atoms with Crippen molar-refractivity contribution in [3.63, 3.8) is 0 Å². The molecular formula is C69H115F6N11O11. The van der Waals surface area contributed by atoms with E-state index in [1.54, 1.807) is 13.8 Å². The Bertz CT molecular complexity index is 2690. The van der Waals surface area contributed by atoms with Gasteiger partial charge in [-0.3, -0.25) is 52.7 Å². The van der Waals surface area contributed by atoms with Crippen molar-refractivity contribution in [1.29, 1.82) is 0 Å². The molecule has 1 heterocycles. The first-order chi connectivity index (χ1) is 45.1. The van der Waals surface area contributed by atoms with Crippen molar-refractivity contribution in [2.24, 2.45) is 47.3 Å². The summed E-state index contributed by atoms with van der Waals surface area (Å²) in [5.41, 5.74) is -1.80. The quantitative estimate of drug-likeness (QED) is 0.127. The largest absolute Gasteiger partial charge is 0.394 e. The molecule has 28 heteroatoms. The smallest absolute Gasteiger partial charge is 0.343 e. The van der Waals surface area contributed by atoms with E-state index in [-0.39, 0.29) is 94.8 Å². The fourth-order valence-electron chi connectivity index (χ4n) is 13.8. The topological polar surface area (TPSA) is 259 Å². The highest BCUT2D eigenvalue weighted by atomic mass is 19.4. The number of hydrogen-bond acceptors (Lipinski definition) is 11. The van der Waals surface area contributed by atoms with Crippen molar-refractivity contribution in [2.45, 2.75) is 257 Å². The lowest BCUT2D eigenvalue weighted by Crippen LogP contribution is -2.63. The molecule has 0 bridgehead atoms. The first-order valence-corrected chi connectivity index (χ1v) is 35.1. The zero-order chi connectivity index (χ0) is 73.3. The Morgan fingerprint density at radius 1 is 0.536 bits per heavy atom. The molecule has 0 spiro atoms. The van der Waals surface area contributed by atoms with Gasteiger partial charge < -0.3 is 55.6 Å². The third kappa shape index (κ3) is 24.0. The number of hydrogen-bond donors (Lipinski definition) is 4. The number of nitrogens with one attached hydrogen (secondary N) is 4. The van der Waals surface area contributed by atoms with Gasteiger partial charge in [-0.15, -0.1) is 0 Å². The fraction of sp³-hybridized carbons (Fsp3) is 0.841. The van der Waals surface area contributed by atoms with Crippen LogP contribution in [0.2, 0.25) is 0 Å². The van der Waals surface area contributed by atoms with Gasteiger partial charge in [-0.2, -0.15) is 13.2 Å². The molecule has 11 atom stereocenters. The van der Waals surface area contributed by atoms with Crippen LogP contribution in [-0.2, 0) is 52.7 Å². The van der Waals surface area contributed by atoms with Gasteiger partial charge in [0.05, 0.1) is 25.6 Å². The van der Waals surface area contributed by atoms with Gasteiger partial charge in [0.15, 0.2) is 0 Å². The van der Waals surface area contributed by atoms with Crippen molar-refractivity contribution in [2.75, 3.05) is 69.0 Å². The van der Waals surface area contributed by atoms with E-state index < -0.39 is 194 Å². The summed E-state index contributed by atoms with van der Waals surface area (Å²) in [7, 11) is 9.70. The van der Waals surface area contributed by atoms with E-state index in [0.717, 1.165) is 51.7 Å². The molecule has 1 saturated heterocycles. The molecule has 4 N–H and O–H groups in total. The molecule has 3 unspecified atom stereocenters. The van der Waals surface area contributed by atoms with E-state index in [2.05, 4.69) is 21.3 Å². The highest BCUT2D eigenvalue weighted by Crippen LogP contribution is 2.43. The SMILES string of the molecule is CC[C@H](C)[C@@H]1NC(=O)[C@H](CC(C)C)N(C)C(=O)C[C@@H](C)N(C)C(=O)[C@H](CC(C)C)NC(=O)C(C)(C)N(C)C(=O)[C@H](CC2CCC(C(F)F)CC2)NC(=O)[C@H](CCC2CCC(C(F)(F)F)C(F)C2)NC(=O)CN(C)C(=O)[C@H](CC2CCCCC2)N(C)C(=O)CN(C)C(=O)CN(C)C1=O. The zero-order valence-corrected chi connectivity index (χ0v) is 60.5. The van der Waals surface area contributed by atoms with E-state index in [9.17, 15) is 69.9 Å². The lowest BCUT2D eigenvalue weighted by molar-refractivity contribution is -0.201. The minimum absolute atomic E-state index is 0.0144. The molecule has 554 valence electrons. The Morgan fingerprint density at radius 3 is 1.65 bits per heavy atom. The van der Waals surface area contributed by atoms with E-state index in [0.29, 0.717) is 6.42 Å². The maximum atomic E-state index is 15.3. The second-order valence-corrected chi connectivity index (χ2v) is 30.0. The normalized spacial score (nSPS) is 29.9. The van der Waals surface area contributed by atoms with Crippen LogP contribution < -0.4 is 21.3 Å². The molecule has 0 aromatic carbocycles. The second-order valence-electron chi connectivity index (χ2n) is 30.0. The van der Waals surface area contributed by atoms with Crippen LogP contribution >= 0.6 is 0 Å². The van der Waals surface area contributed by atoms with Crippen molar-refractivity contribution in [1.82, 2.24) is 55.6 Å². The van der Waals surface area contributed by atoms with E-state index in [1.807, 2.05) is 34.6 Å². The van der Waals surface area contributed by atoms with Gasteiger partial charge in [0.1, 0.15) is 48.0 Å². The van der Waals surface area contributed by atoms with Crippen molar-refractivity contribution >= 4 is 65.0 Å². The molecule has 1 aliphatic heterocycles. The van der Waals surface area contributed by atoms with Crippen LogP contribution in [0.1, 0.15) is 191 Å². The molecule has 97 heavy (non-hydrogen) atoms. The molecule has 0 aromatic heterocycles. The molecule has 4 aliphatic rings. The lowest BCUT2D eigenvalue weighted by Gasteiger charge is -2.39. The van der Waals surface area contributed by atoms with Gasteiger partial charge in [0.2, 0.25) is 71.4 Å². The average Bonchev–Trinajstić information content (AvgIpc) is 0.843. The summed E-state index contributed by atoms with van der Waals surface area (Å²) in [6, 6.07) is -8.53. The van der Waals surface area contributed by atoms with E-state index in [1.165, 1.54) is 77.9 Å². The van der Waals surface area contributed by atoms with Gasteiger partial charge >= 0.3 is 6.18 Å². The Hall–Kier alpha value is -6.25. The third-order valence-electron chi connectivity index (χ3n) is 21.1. The number of nitrogens with zero attached hydrogens (tertiary/aromatic N) is 7. The lowest BCUT2D eigenvalue weighted by atomic mass is 9.78. The van der Waals surface area contributed by atoms with E-state index in [4.69, 9.17) is 0 Å². The number of alkyl halides is 6. The molecule has 0 aromatic rings. The fourth-order valence-corrected chi connectivity index (χ4v) is 13.8. The van der Waals surface area contributed by atoms with Gasteiger partial charge in [-0.25, -0.2) is 13.2 Å². The predicted molar refractivity (Wildman–Crippen MR) is 354 cm³/mol. The highest BCUT2D eigenvalue weighted by molar-refractivity contribution is 5.98. The van der Waals surface area contributed by atoms with E-state index >= 15 is 9.18 Å². The number of halogens is 6. The maximum Gasteiger partial charge on any atom is 0.394 e. The first-order valence-electron chi connectivity index (χ1n) is 35.1. The number of amides is 11. The summed E-state index contributed by atoms with van der Waals surface area (Å²) in [6.07, 6.45) is -5.65. The predicted octanol–water partition coefficient (Wildman–Crippen LogP) is 7.11. The third-order valence-corrected chi connectivity index (χ3v) is 21.1. The number of carbonyl (C=O) groups excluding carboxylic acids is 11. The second kappa shape index (κ2) is 37.3. The van der Waals surface area contributed by atoms with Gasteiger partial charge in [-0.05, 0) is 140 Å². The first kappa shape index (κ1) is 83.2. The Labute approximate surface area is 571 Å². The summed E-state index contributed by atoms with van der Waals surface area (Å²) in [6.45, 7) is 13.7. The Kier molecular flexibility index (Phi) is 31.9. The molecule has 4 fully saturated rings. The summed E-state index contributed by atoms with van der Waals surface area (Å²) in [5.74, 6) is -12.8. The Balaban J connectivity index is 1.85. The highest BCUT2D eigenvalue weighted by Gasteiger charge is 2.49. The van der Waals surface area contributed by atoms with Crippen LogP contribution in [0, 0.1) is 47.3 Å². The van der Waals surface area contributed by atoms with Gasteiger partial charge in [-0.1, -0.05) is 80.1 Å². The zero-order valence-electron chi connectivity index (χ0n) is 60.5. The summed E-state index contributed by atoms with van der Waals surface area (Å²) < 4.78 is 84.7. The van der Waals surface area contributed by atoms with Crippen LogP contribution in [0.4, 0.5) is 26.3 Å². The van der Waals surface area contributed by atoms with Crippen LogP contribution in [0.25, 0.3) is 0 Å². The molecule has 0 radical (unpaired) electrons. The van der Waals surface area contributed by atoms with Gasteiger partial charge in [0, 0.05) is 67.7 Å². The maximum absolute atomic E-state index is 15.3. The van der Waals surface area contributed by atoms with Crippen LogP contribution in [0.3, 0.4) is 0 Å². The standard InChI is InChI=1S/C69H115F6N11O11/c1-17-42(6)59-66(96)82(12)38-57(89)80(10)39-58(90)85(15)54(36-44-21-19-18-20-22-44)65(95)81(11)37-55(87)76-50(30-26-45-25-29-48(49(70)34-45)69(73,74)75)61(91)77-52(35-46-23-27-47(28-24-46)60(71)72)64(94)86(16)68(8,9)67(97)78-51(31-40(2)3)63(93)83(13)43(7)33-56(88)84(14)53(32-41(4)5)62(92)79-59/h40-54,59-60H,17-39H2,1-16H3,(H,76,87)(H,77,91)(H,78,97)(H,79,92)/t42-,43+,45?,46?,47?,48?,49?,50-,51-,52-,53-,54-,59-/m0/s1. The molecule has 3 aliphatic carbocycles. The number of carbonyl (C=O) groups is 11. The number of rotatable bonds is 14. The molecule has 4 rings (SSSR count). The minimum Gasteiger partial charge on any atom is -0.343 e. The van der Waals surface area contributed by atoms with Gasteiger partial charge in [0.25, 0.3) is 0 Å². The average molecular weight is 1390 g/mol. The van der Waals surface area contributed by atoms with Crippen molar-refractivity contribution in [3.8, 4) is 0 Å². The van der Waals surface area contributed by atoms with Crippen molar-refractivity contribution < 1.29 is 79.1 Å². The molecular weight excluding hydrogens is 1270 g/mol.